The van der Waals surface area contributed by atoms with Gasteiger partial charge in [0.25, 0.3) is 0 Å². The van der Waals surface area contributed by atoms with Crippen molar-refractivity contribution in [3.05, 3.63) is 0 Å². The summed E-state index contributed by atoms with van der Waals surface area (Å²) in [6.07, 6.45) is 2.71. The average molecular weight is 256 g/mol. The van der Waals surface area contributed by atoms with E-state index in [1.54, 1.807) is 0 Å². The summed E-state index contributed by atoms with van der Waals surface area (Å²) in [4.78, 5) is 25.1. The highest BCUT2D eigenvalue weighted by Crippen LogP contribution is 2.17. The molecule has 0 aromatic heterocycles. The lowest BCUT2D eigenvalue weighted by Gasteiger charge is -2.21. The Balaban J connectivity index is 2.32. The molecule has 1 aliphatic heterocycles. The number of rotatable bonds is 6. The zero-order valence-corrected chi connectivity index (χ0v) is 11.6. The summed E-state index contributed by atoms with van der Waals surface area (Å²) < 4.78 is 4.75. The quantitative estimate of drug-likeness (QED) is 0.714. The molecule has 1 atom stereocenters. The first kappa shape index (κ1) is 15.0. The van der Waals surface area contributed by atoms with Crippen LogP contribution in [0.5, 0.6) is 0 Å². The molecule has 1 rings (SSSR count). The molecule has 18 heavy (non-hydrogen) atoms. The van der Waals surface area contributed by atoms with Crippen LogP contribution in [0, 0.1) is 5.92 Å². The molecule has 0 radical (unpaired) electrons. The molecule has 5 nitrogen and oxygen atoms in total. The standard InChI is InChI=1S/C13H24N2O3/c1-10(2)6-7-14-12(16)9-15-8-4-5-11(15)13(17)18-3/h10-11H,4-9H2,1-3H3,(H,14,16). The van der Waals surface area contributed by atoms with E-state index in [-0.39, 0.29) is 24.5 Å². The largest absolute Gasteiger partial charge is 0.468 e. The number of nitrogens with one attached hydrogen (secondary N) is 1. The number of methoxy groups -OCH3 is 1. The van der Waals surface area contributed by atoms with E-state index in [4.69, 9.17) is 4.74 Å². The minimum absolute atomic E-state index is 0.00791. The smallest absolute Gasteiger partial charge is 0.323 e. The molecule has 1 N–H and O–H groups in total. The van der Waals surface area contributed by atoms with Crippen LogP contribution in [0.15, 0.2) is 0 Å². The average Bonchev–Trinajstić information content (AvgIpc) is 2.75. The monoisotopic (exact) mass is 256 g/mol. The highest BCUT2D eigenvalue weighted by atomic mass is 16.5. The van der Waals surface area contributed by atoms with E-state index in [0.717, 1.165) is 25.8 Å². The van der Waals surface area contributed by atoms with Crippen molar-refractivity contribution in [3.8, 4) is 0 Å². The van der Waals surface area contributed by atoms with Gasteiger partial charge < -0.3 is 10.1 Å². The lowest BCUT2D eigenvalue weighted by molar-refractivity contribution is -0.146. The number of amides is 1. The molecule has 0 aromatic rings. The molecule has 0 saturated carbocycles. The molecule has 1 fully saturated rings. The number of nitrogens with zero attached hydrogens (tertiary/aromatic N) is 1. The fraction of sp³-hybridized carbons (Fsp3) is 0.846. The van der Waals surface area contributed by atoms with Crippen LogP contribution in [0.25, 0.3) is 0 Å². The van der Waals surface area contributed by atoms with Gasteiger partial charge in [0.15, 0.2) is 0 Å². The maximum absolute atomic E-state index is 11.7. The maximum Gasteiger partial charge on any atom is 0.323 e. The lowest BCUT2D eigenvalue weighted by Crippen LogP contribution is -2.43. The molecule has 1 amide bonds. The molecule has 1 heterocycles. The topological polar surface area (TPSA) is 58.6 Å². The summed E-state index contributed by atoms with van der Waals surface area (Å²) in [6.45, 7) is 6.03. The number of hydrogen-bond acceptors (Lipinski definition) is 4. The van der Waals surface area contributed by atoms with E-state index in [9.17, 15) is 9.59 Å². The van der Waals surface area contributed by atoms with E-state index in [1.165, 1.54) is 7.11 Å². The van der Waals surface area contributed by atoms with Gasteiger partial charge in [-0.2, -0.15) is 0 Å². The molecule has 104 valence electrons. The zero-order valence-electron chi connectivity index (χ0n) is 11.6. The van der Waals surface area contributed by atoms with Crippen LogP contribution < -0.4 is 5.32 Å². The Morgan fingerprint density at radius 3 is 2.78 bits per heavy atom. The van der Waals surface area contributed by atoms with Crippen LogP contribution in [0.2, 0.25) is 0 Å². The molecule has 1 saturated heterocycles. The molecule has 0 spiro atoms. The van der Waals surface area contributed by atoms with Gasteiger partial charge in [0.2, 0.25) is 5.91 Å². The van der Waals surface area contributed by atoms with Crippen molar-refractivity contribution < 1.29 is 14.3 Å². The van der Waals surface area contributed by atoms with E-state index in [0.29, 0.717) is 12.5 Å². The third-order valence-electron chi connectivity index (χ3n) is 3.23. The number of hydrogen-bond donors (Lipinski definition) is 1. The Kier molecular flexibility index (Phi) is 6.12. The van der Waals surface area contributed by atoms with Gasteiger partial charge in [-0.25, -0.2) is 0 Å². The molecular weight excluding hydrogens is 232 g/mol. The van der Waals surface area contributed by atoms with Crippen molar-refractivity contribution >= 4 is 11.9 Å². The first-order valence-electron chi connectivity index (χ1n) is 6.63. The fourth-order valence-electron chi connectivity index (χ4n) is 2.16. The molecule has 0 bridgehead atoms. The first-order valence-corrected chi connectivity index (χ1v) is 6.63. The van der Waals surface area contributed by atoms with E-state index in [2.05, 4.69) is 19.2 Å². The van der Waals surface area contributed by atoms with Gasteiger partial charge in [-0.05, 0) is 31.7 Å². The number of esters is 1. The van der Waals surface area contributed by atoms with Crippen molar-refractivity contribution in [1.82, 2.24) is 10.2 Å². The minimum Gasteiger partial charge on any atom is -0.468 e. The summed E-state index contributed by atoms with van der Waals surface area (Å²) in [7, 11) is 1.39. The molecule has 5 heteroatoms. The Hall–Kier alpha value is -1.10. The maximum atomic E-state index is 11.7. The second-order valence-corrected chi connectivity index (χ2v) is 5.18. The Morgan fingerprint density at radius 2 is 2.17 bits per heavy atom. The second-order valence-electron chi connectivity index (χ2n) is 5.18. The minimum atomic E-state index is -0.245. The van der Waals surface area contributed by atoms with Gasteiger partial charge in [-0.3, -0.25) is 14.5 Å². The van der Waals surface area contributed by atoms with E-state index >= 15 is 0 Å². The predicted molar refractivity (Wildman–Crippen MR) is 69.1 cm³/mol. The Labute approximate surface area is 109 Å². The normalized spacial score (nSPS) is 20.1. The summed E-state index contributed by atoms with van der Waals surface area (Å²) in [5, 5.41) is 2.89. The number of likely N-dealkylation sites (tertiary alicyclic amines) is 1. The number of carbonyl (C=O) groups excluding carboxylic acids is 2. The van der Waals surface area contributed by atoms with Crippen LogP contribution in [0.1, 0.15) is 33.1 Å². The number of carbonyl (C=O) groups is 2. The van der Waals surface area contributed by atoms with Gasteiger partial charge in [0, 0.05) is 6.54 Å². The van der Waals surface area contributed by atoms with Crippen molar-refractivity contribution in [3.63, 3.8) is 0 Å². The van der Waals surface area contributed by atoms with Crippen molar-refractivity contribution in [1.29, 1.82) is 0 Å². The summed E-state index contributed by atoms with van der Waals surface area (Å²) in [6, 6.07) is -0.245. The van der Waals surface area contributed by atoms with Crippen LogP contribution in [-0.2, 0) is 14.3 Å². The van der Waals surface area contributed by atoms with Crippen molar-refractivity contribution in [2.75, 3.05) is 26.7 Å². The van der Waals surface area contributed by atoms with E-state index in [1.807, 2.05) is 4.90 Å². The second kappa shape index (κ2) is 7.36. The zero-order chi connectivity index (χ0) is 13.5. The third kappa shape index (κ3) is 4.64. The van der Waals surface area contributed by atoms with Gasteiger partial charge in [0.1, 0.15) is 6.04 Å². The lowest BCUT2D eigenvalue weighted by atomic mass is 10.1. The Bertz CT molecular complexity index is 292. The van der Waals surface area contributed by atoms with Crippen molar-refractivity contribution in [2.45, 2.75) is 39.2 Å². The van der Waals surface area contributed by atoms with Crippen LogP contribution >= 0.6 is 0 Å². The summed E-state index contributed by atoms with van der Waals surface area (Å²) >= 11 is 0. The third-order valence-corrected chi connectivity index (χ3v) is 3.23. The Morgan fingerprint density at radius 1 is 1.44 bits per heavy atom. The molecular formula is C13H24N2O3. The van der Waals surface area contributed by atoms with Crippen LogP contribution in [0.4, 0.5) is 0 Å². The van der Waals surface area contributed by atoms with Gasteiger partial charge in [0.05, 0.1) is 13.7 Å². The van der Waals surface area contributed by atoms with Crippen LogP contribution in [-0.4, -0.2) is 49.6 Å². The van der Waals surface area contributed by atoms with Crippen molar-refractivity contribution in [2.24, 2.45) is 5.92 Å². The highest BCUT2D eigenvalue weighted by molar-refractivity contribution is 5.80. The van der Waals surface area contributed by atoms with E-state index < -0.39 is 0 Å². The SMILES string of the molecule is COC(=O)C1CCCN1CC(=O)NCCC(C)C. The van der Waals surface area contributed by atoms with Crippen LogP contribution in [0.3, 0.4) is 0 Å². The molecule has 0 aromatic carbocycles. The molecule has 1 aliphatic rings. The summed E-state index contributed by atoms with van der Waals surface area (Å²) in [5.74, 6) is 0.342. The predicted octanol–water partition coefficient (Wildman–Crippen LogP) is 0.786. The van der Waals surface area contributed by atoms with Gasteiger partial charge >= 0.3 is 5.97 Å². The molecule has 0 aliphatic carbocycles. The first-order chi connectivity index (χ1) is 8.54. The molecule has 1 unspecified atom stereocenters. The highest BCUT2D eigenvalue weighted by Gasteiger charge is 2.32. The van der Waals surface area contributed by atoms with Gasteiger partial charge in [-0.1, -0.05) is 13.8 Å². The fourth-order valence-corrected chi connectivity index (χ4v) is 2.16. The van der Waals surface area contributed by atoms with Gasteiger partial charge in [-0.15, -0.1) is 0 Å². The number of ether oxygens (including phenoxy) is 1. The summed E-state index contributed by atoms with van der Waals surface area (Å²) in [5.41, 5.74) is 0.